The zero-order chi connectivity index (χ0) is 8.48. The van der Waals surface area contributed by atoms with Crippen LogP contribution >= 0.6 is 11.8 Å². The quantitative estimate of drug-likeness (QED) is 0.655. The highest BCUT2D eigenvalue weighted by molar-refractivity contribution is 8.00. The summed E-state index contributed by atoms with van der Waals surface area (Å²) in [5.74, 6) is 0.617. The standard InChI is InChI=1S/C9H17NS/c1-7-6-8(10)4-5-9(7,2)11-3/h6-7H,4-5,10H2,1-3H3. The normalized spacial score (nSPS) is 38.5. The second-order valence-corrected chi connectivity index (χ2v) is 4.89. The van der Waals surface area contributed by atoms with Crippen molar-refractivity contribution in [2.75, 3.05) is 6.26 Å². The Morgan fingerprint density at radius 2 is 2.36 bits per heavy atom. The molecule has 0 aromatic rings. The van der Waals surface area contributed by atoms with Crippen LogP contribution in [0.1, 0.15) is 26.7 Å². The van der Waals surface area contributed by atoms with Crippen molar-refractivity contribution in [1.82, 2.24) is 0 Å². The molecule has 0 spiro atoms. The SMILES string of the molecule is CSC1(C)CCC(N)=CC1C. The van der Waals surface area contributed by atoms with E-state index in [4.69, 9.17) is 5.73 Å². The molecule has 11 heavy (non-hydrogen) atoms. The highest BCUT2D eigenvalue weighted by Crippen LogP contribution is 2.40. The Hall–Kier alpha value is -0.110. The molecule has 1 nitrogen and oxygen atoms in total. The van der Waals surface area contributed by atoms with Crippen LogP contribution in [0.4, 0.5) is 0 Å². The highest BCUT2D eigenvalue weighted by atomic mass is 32.2. The summed E-state index contributed by atoms with van der Waals surface area (Å²) in [4.78, 5) is 0. The molecule has 2 heteroatoms. The van der Waals surface area contributed by atoms with Crippen molar-refractivity contribution in [3.8, 4) is 0 Å². The van der Waals surface area contributed by atoms with E-state index in [-0.39, 0.29) is 0 Å². The molecule has 0 radical (unpaired) electrons. The Balaban J connectivity index is 2.74. The van der Waals surface area contributed by atoms with Gasteiger partial charge in [-0.05, 0) is 31.9 Å². The van der Waals surface area contributed by atoms with E-state index in [1.54, 1.807) is 0 Å². The van der Waals surface area contributed by atoms with Gasteiger partial charge in [0.2, 0.25) is 0 Å². The van der Waals surface area contributed by atoms with Crippen molar-refractivity contribution in [2.45, 2.75) is 31.4 Å². The third kappa shape index (κ3) is 1.73. The summed E-state index contributed by atoms with van der Waals surface area (Å²) >= 11 is 1.96. The third-order valence-corrected chi connectivity index (χ3v) is 4.31. The minimum absolute atomic E-state index is 0.420. The Labute approximate surface area is 73.4 Å². The van der Waals surface area contributed by atoms with Gasteiger partial charge in [0, 0.05) is 10.4 Å². The topological polar surface area (TPSA) is 26.0 Å². The van der Waals surface area contributed by atoms with Gasteiger partial charge in [-0.15, -0.1) is 0 Å². The molecule has 1 rings (SSSR count). The first-order valence-corrected chi connectivity index (χ1v) is 5.32. The molecule has 0 amide bonds. The second-order valence-electron chi connectivity index (χ2n) is 3.55. The summed E-state index contributed by atoms with van der Waals surface area (Å²) in [5, 5.41) is 0. The van der Waals surface area contributed by atoms with E-state index in [9.17, 15) is 0 Å². The first-order valence-electron chi connectivity index (χ1n) is 4.10. The molecule has 0 aliphatic heterocycles. The molecule has 0 aromatic heterocycles. The molecule has 64 valence electrons. The van der Waals surface area contributed by atoms with Crippen LogP contribution in [0.2, 0.25) is 0 Å². The number of nitrogens with two attached hydrogens (primary N) is 1. The van der Waals surface area contributed by atoms with E-state index in [1.807, 2.05) is 11.8 Å². The molecule has 2 N–H and O–H groups in total. The van der Waals surface area contributed by atoms with Crippen molar-refractivity contribution in [2.24, 2.45) is 11.7 Å². The number of allylic oxidation sites excluding steroid dienone is 2. The van der Waals surface area contributed by atoms with Crippen LogP contribution in [0.5, 0.6) is 0 Å². The maximum atomic E-state index is 5.75. The van der Waals surface area contributed by atoms with Crippen LogP contribution in [0.3, 0.4) is 0 Å². The number of hydrogen-bond donors (Lipinski definition) is 1. The molecule has 0 bridgehead atoms. The van der Waals surface area contributed by atoms with Crippen molar-refractivity contribution < 1.29 is 0 Å². The summed E-state index contributed by atoms with van der Waals surface area (Å²) in [6.45, 7) is 4.58. The van der Waals surface area contributed by atoms with E-state index >= 15 is 0 Å². The number of thioether (sulfide) groups is 1. The van der Waals surface area contributed by atoms with Gasteiger partial charge >= 0.3 is 0 Å². The maximum Gasteiger partial charge on any atom is 0.0193 e. The molecule has 0 fully saturated rings. The minimum Gasteiger partial charge on any atom is -0.402 e. The zero-order valence-electron chi connectivity index (χ0n) is 7.55. The van der Waals surface area contributed by atoms with E-state index in [0.717, 1.165) is 12.1 Å². The summed E-state index contributed by atoms with van der Waals surface area (Å²) < 4.78 is 0.420. The van der Waals surface area contributed by atoms with Gasteiger partial charge in [-0.3, -0.25) is 0 Å². The number of hydrogen-bond acceptors (Lipinski definition) is 2. The lowest BCUT2D eigenvalue weighted by Crippen LogP contribution is -2.32. The lowest BCUT2D eigenvalue weighted by Gasteiger charge is -2.36. The molecule has 1 aliphatic rings. The smallest absolute Gasteiger partial charge is 0.0193 e. The van der Waals surface area contributed by atoms with Gasteiger partial charge in [0.05, 0.1) is 0 Å². The average Bonchev–Trinajstić information content (AvgIpc) is 1.98. The minimum atomic E-state index is 0.420. The molecule has 0 heterocycles. The van der Waals surface area contributed by atoms with Gasteiger partial charge in [-0.2, -0.15) is 11.8 Å². The van der Waals surface area contributed by atoms with E-state index in [1.165, 1.54) is 6.42 Å². The molecule has 1 aliphatic carbocycles. The van der Waals surface area contributed by atoms with Crippen LogP contribution in [-0.2, 0) is 0 Å². The monoisotopic (exact) mass is 171 g/mol. The Morgan fingerprint density at radius 1 is 1.73 bits per heavy atom. The molecule has 2 atom stereocenters. The van der Waals surface area contributed by atoms with Crippen molar-refractivity contribution in [3.05, 3.63) is 11.8 Å². The first kappa shape index (κ1) is 8.98. The van der Waals surface area contributed by atoms with Gasteiger partial charge in [0.1, 0.15) is 0 Å². The van der Waals surface area contributed by atoms with E-state index < -0.39 is 0 Å². The van der Waals surface area contributed by atoms with Gasteiger partial charge in [0.15, 0.2) is 0 Å². The molecule has 0 saturated heterocycles. The molecule has 0 aromatic carbocycles. The van der Waals surface area contributed by atoms with Crippen molar-refractivity contribution >= 4 is 11.8 Å². The Kier molecular flexibility index (Phi) is 2.53. The fraction of sp³-hybridized carbons (Fsp3) is 0.778. The van der Waals surface area contributed by atoms with Crippen LogP contribution in [0.25, 0.3) is 0 Å². The van der Waals surface area contributed by atoms with Crippen molar-refractivity contribution in [1.29, 1.82) is 0 Å². The van der Waals surface area contributed by atoms with Crippen LogP contribution < -0.4 is 5.73 Å². The van der Waals surface area contributed by atoms with Crippen LogP contribution in [0.15, 0.2) is 11.8 Å². The van der Waals surface area contributed by atoms with Crippen molar-refractivity contribution in [3.63, 3.8) is 0 Å². The lowest BCUT2D eigenvalue weighted by molar-refractivity contribution is 0.450. The second kappa shape index (κ2) is 3.10. The third-order valence-electron chi connectivity index (χ3n) is 2.80. The summed E-state index contributed by atoms with van der Waals surface area (Å²) in [6.07, 6.45) is 6.69. The summed E-state index contributed by atoms with van der Waals surface area (Å²) in [7, 11) is 0. The molecule has 2 unspecified atom stereocenters. The first-order chi connectivity index (χ1) is 5.08. The Morgan fingerprint density at radius 3 is 2.82 bits per heavy atom. The molecule has 0 saturated carbocycles. The van der Waals surface area contributed by atoms with Gasteiger partial charge in [-0.1, -0.05) is 13.0 Å². The van der Waals surface area contributed by atoms with Gasteiger partial charge in [0.25, 0.3) is 0 Å². The summed E-state index contributed by atoms with van der Waals surface area (Å²) in [6, 6.07) is 0. The van der Waals surface area contributed by atoms with E-state index in [2.05, 4.69) is 26.2 Å². The Bertz CT molecular complexity index is 176. The van der Waals surface area contributed by atoms with Gasteiger partial charge < -0.3 is 5.73 Å². The fourth-order valence-corrected chi connectivity index (χ4v) is 2.23. The highest BCUT2D eigenvalue weighted by Gasteiger charge is 2.31. The zero-order valence-corrected chi connectivity index (χ0v) is 8.37. The predicted octanol–water partition coefficient (Wildman–Crippen LogP) is 2.38. The maximum absolute atomic E-state index is 5.75. The lowest BCUT2D eigenvalue weighted by atomic mass is 9.84. The molecular formula is C9H17NS. The van der Waals surface area contributed by atoms with Crippen LogP contribution in [-0.4, -0.2) is 11.0 Å². The van der Waals surface area contributed by atoms with E-state index in [0.29, 0.717) is 10.7 Å². The molecular weight excluding hydrogens is 154 g/mol. The van der Waals surface area contributed by atoms with Gasteiger partial charge in [-0.25, -0.2) is 0 Å². The summed E-state index contributed by atoms with van der Waals surface area (Å²) in [5.41, 5.74) is 6.83. The van der Waals surface area contributed by atoms with Crippen LogP contribution in [0, 0.1) is 5.92 Å². The average molecular weight is 171 g/mol. The fourth-order valence-electron chi connectivity index (χ4n) is 1.49. The largest absolute Gasteiger partial charge is 0.402 e. The number of rotatable bonds is 1. The predicted molar refractivity (Wildman–Crippen MR) is 52.6 cm³/mol.